The van der Waals surface area contributed by atoms with E-state index >= 15 is 0 Å². The third kappa shape index (κ3) is 6.63. The maximum Gasteiger partial charge on any atom is 0.262 e. The number of carbonyl (C=O) groups excluding carboxylic acids is 1. The molecule has 7 nitrogen and oxygen atoms in total. The van der Waals surface area contributed by atoms with E-state index < -0.39 is 10.0 Å². The Morgan fingerprint density at radius 3 is 2.55 bits per heavy atom. The normalized spacial score (nSPS) is 15.5. The molecule has 3 N–H and O–H groups in total. The van der Waals surface area contributed by atoms with Crippen LogP contribution in [0.3, 0.4) is 0 Å². The average molecular weight is 443 g/mol. The van der Waals surface area contributed by atoms with Crippen molar-refractivity contribution in [2.24, 2.45) is 4.99 Å². The molecule has 0 spiro atoms. The summed E-state index contributed by atoms with van der Waals surface area (Å²) in [7, 11) is -3.68. The van der Waals surface area contributed by atoms with Crippen molar-refractivity contribution in [3.63, 3.8) is 0 Å². The van der Waals surface area contributed by atoms with Gasteiger partial charge in [-0.15, -0.1) is 0 Å². The molecule has 1 heterocycles. The predicted octanol–water partition coefficient (Wildman–Crippen LogP) is 3.54. The minimum Gasteiger partial charge on any atom is -0.325 e. The van der Waals surface area contributed by atoms with Crippen LogP contribution in [0.5, 0.6) is 0 Å². The predicted molar refractivity (Wildman–Crippen MR) is 124 cm³/mol. The molecule has 0 unspecified atom stereocenters. The lowest BCUT2D eigenvalue weighted by Crippen LogP contribution is -2.31. The molecule has 31 heavy (non-hydrogen) atoms. The largest absolute Gasteiger partial charge is 0.325 e. The zero-order valence-electron chi connectivity index (χ0n) is 18.0. The van der Waals surface area contributed by atoms with Crippen molar-refractivity contribution in [1.29, 1.82) is 0 Å². The van der Waals surface area contributed by atoms with Gasteiger partial charge in [-0.2, -0.15) is 0 Å². The van der Waals surface area contributed by atoms with Gasteiger partial charge in [-0.25, -0.2) is 8.42 Å². The molecule has 0 radical (unpaired) electrons. The quantitative estimate of drug-likeness (QED) is 0.611. The first-order valence-electron chi connectivity index (χ1n) is 10.6. The monoisotopic (exact) mass is 442 g/mol. The van der Waals surface area contributed by atoms with Crippen molar-refractivity contribution >= 4 is 27.5 Å². The Kier molecular flexibility index (Phi) is 7.81. The highest BCUT2D eigenvalue weighted by molar-refractivity contribution is 7.90. The zero-order valence-corrected chi connectivity index (χ0v) is 18.8. The Labute approximate surface area is 184 Å². The van der Waals surface area contributed by atoms with Crippen LogP contribution in [-0.4, -0.2) is 33.3 Å². The average Bonchev–Trinajstić information content (AvgIpc) is 3.01. The number of aryl methyl sites for hydroxylation is 1. The summed E-state index contributed by atoms with van der Waals surface area (Å²) in [6.45, 7) is 4.86. The summed E-state index contributed by atoms with van der Waals surface area (Å²) in [6, 6.07) is 14.2. The fourth-order valence-corrected chi connectivity index (χ4v) is 4.61. The number of carbonyl (C=O) groups is 1. The van der Waals surface area contributed by atoms with Crippen LogP contribution < -0.4 is 15.4 Å². The third-order valence-electron chi connectivity index (χ3n) is 5.30. The van der Waals surface area contributed by atoms with Gasteiger partial charge in [0.1, 0.15) is 5.84 Å². The standard InChI is InChI=1S/C23H30N4O3S/c1-17-8-5-6-9-21(17)18(2)25-16-23(28)26-19-11-13-20(14-12-19)31(29,30)27-22-10-4-3-7-15-24-22/h5-6,8-9,11-14,18,25H,3-4,7,10,15-16H2,1-2H3,(H,24,27)(H,26,28)/t18-/m1/s1. The maximum absolute atomic E-state index is 12.6. The van der Waals surface area contributed by atoms with Gasteiger partial charge in [-0.3, -0.25) is 14.5 Å². The Morgan fingerprint density at radius 1 is 1.06 bits per heavy atom. The number of amidine groups is 1. The molecular formula is C23H30N4O3S. The number of nitrogens with one attached hydrogen (secondary N) is 3. The minimum absolute atomic E-state index is 0.0393. The fourth-order valence-electron chi connectivity index (χ4n) is 3.52. The molecule has 8 heteroatoms. The van der Waals surface area contributed by atoms with Crippen LogP contribution in [-0.2, 0) is 14.8 Å². The van der Waals surface area contributed by atoms with E-state index in [0.29, 0.717) is 24.5 Å². The molecule has 3 rings (SSSR count). The van der Waals surface area contributed by atoms with Crippen molar-refractivity contribution in [1.82, 2.24) is 10.0 Å². The van der Waals surface area contributed by atoms with E-state index in [0.717, 1.165) is 24.8 Å². The van der Waals surface area contributed by atoms with Gasteiger partial charge in [0, 0.05) is 24.7 Å². The summed E-state index contributed by atoms with van der Waals surface area (Å²) in [5.41, 5.74) is 2.86. The molecule has 0 fully saturated rings. The van der Waals surface area contributed by atoms with E-state index in [1.807, 2.05) is 38.1 Å². The van der Waals surface area contributed by atoms with Crippen LogP contribution in [0.1, 0.15) is 49.8 Å². The van der Waals surface area contributed by atoms with Gasteiger partial charge in [0.2, 0.25) is 5.91 Å². The first-order chi connectivity index (χ1) is 14.8. The van der Waals surface area contributed by atoms with Gasteiger partial charge in [0.05, 0.1) is 11.4 Å². The van der Waals surface area contributed by atoms with E-state index in [1.54, 1.807) is 12.1 Å². The Bertz CT molecular complexity index is 1030. The van der Waals surface area contributed by atoms with E-state index in [1.165, 1.54) is 17.7 Å². The highest BCUT2D eigenvalue weighted by Crippen LogP contribution is 2.17. The second-order valence-electron chi connectivity index (χ2n) is 7.78. The Balaban J connectivity index is 1.54. The fraction of sp³-hybridized carbons (Fsp3) is 0.391. The zero-order chi connectivity index (χ0) is 22.3. The van der Waals surface area contributed by atoms with Gasteiger partial charge in [-0.05, 0) is 62.1 Å². The van der Waals surface area contributed by atoms with Crippen molar-refractivity contribution < 1.29 is 13.2 Å². The van der Waals surface area contributed by atoms with Gasteiger partial charge in [0.15, 0.2) is 0 Å². The summed E-state index contributed by atoms with van der Waals surface area (Å²) in [5, 5.41) is 6.01. The van der Waals surface area contributed by atoms with Crippen LogP contribution in [0.2, 0.25) is 0 Å². The van der Waals surface area contributed by atoms with E-state index in [9.17, 15) is 13.2 Å². The van der Waals surface area contributed by atoms with Gasteiger partial charge in [-0.1, -0.05) is 30.7 Å². The van der Waals surface area contributed by atoms with Gasteiger partial charge < -0.3 is 10.6 Å². The second-order valence-corrected chi connectivity index (χ2v) is 9.46. The molecule has 0 aliphatic carbocycles. The molecular weight excluding hydrogens is 412 g/mol. The molecule has 0 bridgehead atoms. The number of amides is 1. The van der Waals surface area contributed by atoms with E-state index in [4.69, 9.17) is 0 Å². The SMILES string of the molecule is Cc1ccccc1[C@@H](C)NCC(=O)Nc1ccc(S(=O)(=O)NC2=NCCCCC2)cc1. The summed E-state index contributed by atoms with van der Waals surface area (Å²) in [5.74, 6) is 0.325. The van der Waals surface area contributed by atoms with Gasteiger partial charge in [0.25, 0.3) is 10.0 Å². The lowest BCUT2D eigenvalue weighted by Gasteiger charge is -2.16. The minimum atomic E-state index is -3.68. The van der Waals surface area contributed by atoms with Crippen LogP contribution in [0.4, 0.5) is 5.69 Å². The molecule has 2 aromatic carbocycles. The first kappa shape index (κ1) is 23.0. The summed E-state index contributed by atoms with van der Waals surface area (Å²) >= 11 is 0. The Hall–Kier alpha value is -2.71. The molecule has 1 aliphatic rings. The van der Waals surface area contributed by atoms with Crippen molar-refractivity contribution in [2.75, 3.05) is 18.4 Å². The number of benzene rings is 2. The van der Waals surface area contributed by atoms with Crippen LogP contribution in [0.25, 0.3) is 0 Å². The number of aliphatic imine (C=N–C) groups is 1. The Morgan fingerprint density at radius 2 is 1.81 bits per heavy atom. The number of hydrogen-bond acceptors (Lipinski definition) is 5. The second kappa shape index (κ2) is 10.5. The van der Waals surface area contributed by atoms with E-state index in [-0.39, 0.29) is 23.4 Å². The highest BCUT2D eigenvalue weighted by Gasteiger charge is 2.17. The molecule has 1 aliphatic heterocycles. The van der Waals surface area contributed by atoms with Crippen LogP contribution in [0.15, 0.2) is 58.4 Å². The maximum atomic E-state index is 12.6. The topological polar surface area (TPSA) is 99.7 Å². The number of nitrogens with zero attached hydrogens (tertiary/aromatic N) is 1. The van der Waals surface area contributed by atoms with Gasteiger partial charge >= 0.3 is 0 Å². The molecule has 0 aromatic heterocycles. The summed E-state index contributed by atoms with van der Waals surface area (Å²) in [6.07, 6.45) is 3.62. The molecule has 166 valence electrons. The number of anilines is 1. The molecule has 0 saturated carbocycles. The molecule has 1 amide bonds. The van der Waals surface area contributed by atoms with Crippen LogP contribution in [0, 0.1) is 6.92 Å². The van der Waals surface area contributed by atoms with E-state index in [2.05, 4.69) is 20.3 Å². The number of sulfonamides is 1. The lowest BCUT2D eigenvalue weighted by molar-refractivity contribution is -0.115. The van der Waals surface area contributed by atoms with Crippen molar-refractivity contribution in [3.05, 3.63) is 59.7 Å². The van der Waals surface area contributed by atoms with Crippen molar-refractivity contribution in [3.8, 4) is 0 Å². The smallest absolute Gasteiger partial charge is 0.262 e. The first-order valence-corrected chi connectivity index (χ1v) is 12.1. The van der Waals surface area contributed by atoms with Crippen molar-refractivity contribution in [2.45, 2.75) is 50.5 Å². The molecule has 1 atom stereocenters. The summed E-state index contributed by atoms with van der Waals surface area (Å²) in [4.78, 5) is 16.7. The highest BCUT2D eigenvalue weighted by atomic mass is 32.2. The molecule has 2 aromatic rings. The molecule has 0 saturated heterocycles. The third-order valence-corrected chi connectivity index (χ3v) is 6.70. The summed E-state index contributed by atoms with van der Waals surface area (Å²) < 4.78 is 27.8. The lowest BCUT2D eigenvalue weighted by atomic mass is 10.0. The van der Waals surface area contributed by atoms with Crippen LogP contribution >= 0.6 is 0 Å². The number of hydrogen-bond donors (Lipinski definition) is 3. The number of rotatable bonds is 7.